The van der Waals surface area contributed by atoms with Crippen LogP contribution >= 0.6 is 12.6 Å². The van der Waals surface area contributed by atoms with Gasteiger partial charge >= 0.3 is 11.9 Å². The van der Waals surface area contributed by atoms with Crippen LogP contribution in [0.4, 0.5) is 0 Å². The van der Waals surface area contributed by atoms with Gasteiger partial charge in [0, 0.05) is 12.2 Å². The van der Waals surface area contributed by atoms with Crippen molar-refractivity contribution in [3.8, 4) is 0 Å². The Morgan fingerprint density at radius 2 is 1.07 bits per heavy atom. The first-order valence-electron chi connectivity index (χ1n) is 10.8. The van der Waals surface area contributed by atoms with E-state index in [-0.39, 0.29) is 5.75 Å². The van der Waals surface area contributed by atoms with E-state index in [1.54, 1.807) is 0 Å². The summed E-state index contributed by atoms with van der Waals surface area (Å²) in [7, 11) is 0. The number of hydrogen-bond acceptors (Lipinski definition) is 4. The third-order valence-corrected chi connectivity index (χ3v) is 4.90. The van der Waals surface area contributed by atoms with Crippen LogP contribution in [0.3, 0.4) is 0 Å². The van der Waals surface area contributed by atoms with E-state index in [1.165, 1.54) is 83.5 Å². The average Bonchev–Trinajstić information content (AvgIpc) is 2.64. The lowest BCUT2D eigenvalue weighted by Crippen LogP contribution is -2.31. The molecule has 0 spiro atoms. The molecule has 0 heterocycles. The number of carboxylic acids is 2. The van der Waals surface area contributed by atoms with Crippen LogP contribution in [0.1, 0.15) is 110 Å². The van der Waals surface area contributed by atoms with Gasteiger partial charge in [0.15, 0.2) is 0 Å². The Bertz CT molecular complexity index is 340. The summed E-state index contributed by atoms with van der Waals surface area (Å²) in [6.07, 6.45) is 20.2. The van der Waals surface area contributed by atoms with Crippen LogP contribution in [0.5, 0.6) is 0 Å². The third-order valence-electron chi connectivity index (χ3n) is 4.51. The van der Waals surface area contributed by atoms with Crippen molar-refractivity contribution < 1.29 is 19.8 Å². The van der Waals surface area contributed by atoms with Crippen molar-refractivity contribution in [3.63, 3.8) is 0 Å². The molecule has 0 aromatic carbocycles. The summed E-state index contributed by atoms with van der Waals surface area (Å²) in [6.45, 7) is 2.27. The maximum Gasteiger partial charge on any atom is 0.321 e. The number of unbranched alkanes of at least 4 members (excludes halogenated alkanes) is 14. The SMILES string of the molecule is CCCCCCCCCCCCCCCCCC(=O)O.N[C@@H](CS)C(=O)O. The van der Waals surface area contributed by atoms with Gasteiger partial charge in [-0.15, -0.1) is 0 Å². The van der Waals surface area contributed by atoms with E-state index < -0.39 is 18.0 Å². The topological polar surface area (TPSA) is 101 Å². The van der Waals surface area contributed by atoms with Crippen LogP contribution in [-0.4, -0.2) is 33.9 Å². The highest BCUT2D eigenvalue weighted by Gasteiger charge is 2.06. The minimum atomic E-state index is -1.00. The van der Waals surface area contributed by atoms with E-state index in [0.717, 1.165) is 12.8 Å². The second-order valence-corrected chi connectivity index (χ2v) is 7.59. The molecule has 0 radical (unpaired) electrons. The average molecular weight is 406 g/mol. The van der Waals surface area contributed by atoms with E-state index in [0.29, 0.717) is 6.42 Å². The lowest BCUT2D eigenvalue weighted by Gasteiger charge is -2.03. The Morgan fingerprint density at radius 3 is 1.30 bits per heavy atom. The Morgan fingerprint density at radius 1 is 0.741 bits per heavy atom. The molecule has 0 saturated carbocycles. The second kappa shape index (κ2) is 23.3. The molecule has 6 heteroatoms. The number of hydrogen-bond donors (Lipinski definition) is 4. The Hall–Kier alpha value is -0.750. The normalized spacial score (nSPS) is 11.5. The fraction of sp³-hybridized carbons (Fsp3) is 0.905. The first kappa shape index (κ1) is 28.5. The number of thiol groups is 1. The Kier molecular flexibility index (Phi) is 24.5. The standard InChI is InChI=1S/C18H36O2.C3H7NO2S/c1-2-3-4-5-6-7-8-9-10-11-12-13-14-15-16-17-18(19)20;4-2(1-7)3(5)6/h2-17H2,1H3,(H,19,20);2,7H,1,4H2,(H,5,6)/t;2-/m.0/s1. The van der Waals surface area contributed by atoms with Gasteiger partial charge in [-0.2, -0.15) is 12.6 Å². The molecule has 4 N–H and O–H groups in total. The van der Waals surface area contributed by atoms with E-state index in [9.17, 15) is 9.59 Å². The number of carbonyl (C=O) groups is 2. The molecule has 0 amide bonds. The van der Waals surface area contributed by atoms with Gasteiger partial charge in [0.1, 0.15) is 6.04 Å². The predicted octanol–water partition coefficient (Wildman–Crippen LogP) is 5.66. The van der Waals surface area contributed by atoms with Crippen molar-refractivity contribution in [1.82, 2.24) is 0 Å². The zero-order chi connectivity index (χ0) is 20.8. The zero-order valence-electron chi connectivity index (χ0n) is 17.3. The molecular formula is C21H43NO4S. The first-order chi connectivity index (χ1) is 13.0. The van der Waals surface area contributed by atoms with E-state index in [2.05, 4.69) is 19.6 Å². The summed E-state index contributed by atoms with van der Waals surface area (Å²) in [5.41, 5.74) is 4.94. The van der Waals surface area contributed by atoms with Gasteiger partial charge in [-0.25, -0.2) is 0 Å². The number of aliphatic carboxylic acids is 2. The number of carboxylic acid groups (broad SMARTS) is 2. The summed E-state index contributed by atoms with van der Waals surface area (Å²) in [5, 5.41) is 16.5. The molecule has 1 atom stereocenters. The highest BCUT2D eigenvalue weighted by Crippen LogP contribution is 2.13. The molecular weight excluding hydrogens is 362 g/mol. The number of nitrogens with two attached hydrogens (primary N) is 1. The monoisotopic (exact) mass is 405 g/mol. The van der Waals surface area contributed by atoms with E-state index in [1.807, 2.05) is 0 Å². The molecule has 162 valence electrons. The minimum Gasteiger partial charge on any atom is -0.481 e. The highest BCUT2D eigenvalue weighted by molar-refractivity contribution is 7.80. The van der Waals surface area contributed by atoms with Gasteiger partial charge < -0.3 is 15.9 Å². The summed E-state index contributed by atoms with van der Waals surface area (Å²) in [4.78, 5) is 20.1. The van der Waals surface area contributed by atoms with Crippen LogP contribution in [0.25, 0.3) is 0 Å². The van der Waals surface area contributed by atoms with Crippen molar-refractivity contribution in [3.05, 3.63) is 0 Å². The van der Waals surface area contributed by atoms with Crippen LogP contribution in [0.15, 0.2) is 0 Å². The summed E-state index contributed by atoms with van der Waals surface area (Å²) in [5.74, 6) is -1.47. The van der Waals surface area contributed by atoms with Crippen molar-refractivity contribution in [2.75, 3.05) is 5.75 Å². The maximum absolute atomic E-state index is 10.3. The molecule has 0 fully saturated rings. The molecule has 5 nitrogen and oxygen atoms in total. The summed E-state index contributed by atoms with van der Waals surface area (Å²) >= 11 is 3.65. The summed E-state index contributed by atoms with van der Waals surface area (Å²) in [6, 6.07) is -0.816. The largest absolute Gasteiger partial charge is 0.481 e. The molecule has 0 aliphatic heterocycles. The van der Waals surface area contributed by atoms with Crippen LogP contribution in [0, 0.1) is 0 Å². The quantitative estimate of drug-likeness (QED) is 0.174. The molecule has 0 aromatic rings. The molecule has 0 aromatic heterocycles. The van der Waals surface area contributed by atoms with Crippen molar-refractivity contribution in [2.45, 2.75) is 116 Å². The molecule has 27 heavy (non-hydrogen) atoms. The Labute approximate surface area is 171 Å². The molecule has 0 aliphatic carbocycles. The Balaban J connectivity index is 0. The van der Waals surface area contributed by atoms with Crippen LogP contribution in [-0.2, 0) is 9.59 Å². The number of rotatable bonds is 18. The van der Waals surface area contributed by atoms with Crippen molar-refractivity contribution in [2.24, 2.45) is 5.73 Å². The van der Waals surface area contributed by atoms with Gasteiger partial charge in [-0.1, -0.05) is 96.8 Å². The minimum absolute atomic E-state index is 0.190. The lowest BCUT2D eigenvalue weighted by molar-refractivity contribution is -0.138. The zero-order valence-corrected chi connectivity index (χ0v) is 18.2. The molecule has 0 saturated heterocycles. The molecule has 0 unspecified atom stereocenters. The first-order valence-corrected chi connectivity index (χ1v) is 11.4. The summed E-state index contributed by atoms with van der Waals surface area (Å²) < 4.78 is 0. The molecule has 0 bridgehead atoms. The molecule has 0 rings (SSSR count). The second-order valence-electron chi connectivity index (χ2n) is 7.22. The van der Waals surface area contributed by atoms with Crippen LogP contribution in [0.2, 0.25) is 0 Å². The van der Waals surface area contributed by atoms with Crippen LogP contribution < -0.4 is 5.73 Å². The van der Waals surface area contributed by atoms with E-state index in [4.69, 9.17) is 15.9 Å². The maximum atomic E-state index is 10.3. The lowest BCUT2D eigenvalue weighted by atomic mass is 10.0. The fourth-order valence-electron chi connectivity index (χ4n) is 2.73. The van der Waals surface area contributed by atoms with Crippen molar-refractivity contribution >= 4 is 24.6 Å². The van der Waals surface area contributed by atoms with Crippen molar-refractivity contribution in [1.29, 1.82) is 0 Å². The van der Waals surface area contributed by atoms with Gasteiger partial charge in [-0.05, 0) is 6.42 Å². The smallest absolute Gasteiger partial charge is 0.321 e. The van der Waals surface area contributed by atoms with Gasteiger partial charge in [0.05, 0.1) is 0 Å². The van der Waals surface area contributed by atoms with Gasteiger partial charge in [-0.3, -0.25) is 9.59 Å². The highest BCUT2D eigenvalue weighted by atomic mass is 32.1. The van der Waals surface area contributed by atoms with Gasteiger partial charge in [0.2, 0.25) is 0 Å². The van der Waals surface area contributed by atoms with E-state index >= 15 is 0 Å². The predicted molar refractivity (Wildman–Crippen MR) is 117 cm³/mol. The fourth-order valence-corrected chi connectivity index (χ4v) is 2.88. The molecule has 0 aliphatic rings. The van der Waals surface area contributed by atoms with Gasteiger partial charge in [0.25, 0.3) is 0 Å². The third kappa shape index (κ3) is 27.6.